The number of nitrogens with one attached hydrogen (secondary N) is 1. The molecule has 0 saturated heterocycles. The molecule has 0 atom stereocenters. The van der Waals surface area contributed by atoms with Crippen LogP contribution in [0.25, 0.3) is 249 Å². The lowest BCUT2D eigenvalue weighted by atomic mass is 9.92. The molecule has 656 valence electrons. The zero-order chi connectivity index (χ0) is 93.0. The highest BCUT2D eigenvalue weighted by Crippen LogP contribution is 2.44. The van der Waals surface area contributed by atoms with Gasteiger partial charge in [0.05, 0.1) is 34.2 Å². The van der Waals surface area contributed by atoms with E-state index in [1.165, 1.54) is 97.5 Å². The number of fused-ring (bicyclic) bond motifs is 12. The molecular weight excluding hydrogens is 1700 g/mol. The predicted molar refractivity (Wildman–Crippen MR) is 583 cm³/mol. The molecule has 0 amide bonds. The van der Waals surface area contributed by atoms with Crippen LogP contribution in [0.2, 0.25) is 0 Å². The van der Waals surface area contributed by atoms with Crippen LogP contribution in [0.5, 0.6) is 0 Å². The summed E-state index contributed by atoms with van der Waals surface area (Å²) in [5.74, 6) is 2.11. The lowest BCUT2D eigenvalue weighted by Gasteiger charge is -2.14. The summed E-state index contributed by atoms with van der Waals surface area (Å²) in [5.41, 5.74) is 28.2. The van der Waals surface area contributed by atoms with E-state index >= 15 is 0 Å². The van der Waals surface area contributed by atoms with Crippen molar-refractivity contribution in [1.29, 1.82) is 0 Å². The molecular formula is C131H87N9. The van der Waals surface area contributed by atoms with E-state index in [2.05, 4.69) is 470 Å². The van der Waals surface area contributed by atoms with Crippen LogP contribution in [0.3, 0.4) is 0 Å². The topological polar surface area (TPSA) is 115 Å². The molecule has 5 aromatic heterocycles. The molecule has 0 aliphatic carbocycles. The van der Waals surface area contributed by atoms with Crippen LogP contribution in [0.1, 0.15) is 5.56 Å². The van der Waals surface area contributed by atoms with Gasteiger partial charge in [0.1, 0.15) is 0 Å². The van der Waals surface area contributed by atoms with Crippen molar-refractivity contribution >= 4 is 91.8 Å². The number of hydrogen-bond donors (Lipinski definition) is 1. The highest BCUT2D eigenvalue weighted by atomic mass is 14.9. The Morgan fingerprint density at radius 2 is 0.507 bits per heavy atom. The fourth-order valence-electron chi connectivity index (χ4n) is 19.5. The van der Waals surface area contributed by atoms with E-state index < -0.39 is 0 Å². The molecule has 9 nitrogen and oxygen atoms in total. The molecule has 6 heterocycles. The van der Waals surface area contributed by atoms with Crippen molar-refractivity contribution in [1.82, 2.24) is 45.2 Å². The number of rotatable bonds is 15. The van der Waals surface area contributed by atoms with Gasteiger partial charge in [0, 0.05) is 98.7 Å². The van der Waals surface area contributed by atoms with Gasteiger partial charge in [-0.3, -0.25) is 9.97 Å². The van der Waals surface area contributed by atoms with Crippen molar-refractivity contribution in [3.8, 4) is 157 Å². The molecule has 1 aliphatic rings. The first kappa shape index (κ1) is 84.3. The van der Waals surface area contributed by atoms with Crippen LogP contribution in [-0.2, 0) is 0 Å². The fraction of sp³-hybridized carbons (Fsp3) is 0.00763. The molecule has 0 spiro atoms. The number of hydrogen-bond acceptors (Lipinski definition) is 9. The third-order valence-corrected chi connectivity index (χ3v) is 26.6. The van der Waals surface area contributed by atoms with Crippen molar-refractivity contribution in [2.24, 2.45) is 0 Å². The Morgan fingerprint density at radius 1 is 0.171 bits per heavy atom. The van der Waals surface area contributed by atoms with Gasteiger partial charge in [-0.15, -0.1) is 0 Å². The Labute approximate surface area is 811 Å². The van der Waals surface area contributed by atoms with Crippen LogP contribution >= 0.6 is 0 Å². The quantitative estimate of drug-likeness (QED) is 0.100. The highest BCUT2D eigenvalue weighted by Gasteiger charge is 2.21. The Hall–Kier alpha value is -18.7. The molecule has 1 N–H and O–H groups in total. The molecule has 0 fully saturated rings. The summed E-state index contributed by atoms with van der Waals surface area (Å²) < 4.78 is 0. The van der Waals surface area contributed by atoms with Crippen molar-refractivity contribution in [3.05, 3.63) is 516 Å². The minimum absolute atomic E-state index is 0.685. The van der Waals surface area contributed by atoms with E-state index in [0.717, 1.165) is 146 Å². The van der Waals surface area contributed by atoms with Gasteiger partial charge in [-0.05, 0) is 233 Å². The molecule has 0 unspecified atom stereocenters. The van der Waals surface area contributed by atoms with Crippen molar-refractivity contribution in [2.75, 3.05) is 6.54 Å². The lowest BCUT2D eigenvalue weighted by molar-refractivity contribution is 0.976. The third-order valence-electron chi connectivity index (χ3n) is 26.6. The summed E-state index contributed by atoms with van der Waals surface area (Å²) >= 11 is 0. The van der Waals surface area contributed by atoms with Crippen LogP contribution < -0.4 is 5.32 Å². The summed E-state index contributed by atoms with van der Waals surface area (Å²) in [5, 5.41) is 22.9. The Kier molecular flexibility index (Phi) is 22.7. The summed E-state index contributed by atoms with van der Waals surface area (Å²) in [6.45, 7) is 0.852. The molecule has 0 radical (unpaired) electrons. The maximum atomic E-state index is 5.36. The van der Waals surface area contributed by atoms with Crippen molar-refractivity contribution in [2.45, 2.75) is 0 Å². The normalized spacial score (nSPS) is 11.8. The van der Waals surface area contributed by atoms with Crippen LogP contribution in [0, 0.1) is 0 Å². The summed E-state index contributed by atoms with van der Waals surface area (Å²) in [4.78, 5) is 39.8. The van der Waals surface area contributed by atoms with Gasteiger partial charge in [-0.1, -0.05) is 388 Å². The van der Waals surface area contributed by atoms with Gasteiger partial charge in [-0.25, -0.2) is 29.9 Å². The first-order valence-electron chi connectivity index (χ1n) is 47.3. The first-order valence-corrected chi connectivity index (χ1v) is 47.3. The molecule has 140 heavy (non-hydrogen) atoms. The Balaban J connectivity index is 0.000000116. The largest absolute Gasteiger partial charge is 0.387 e. The standard InChI is InChI=1S/C53H33N3.C41H29N3.C37H25N3/c1-2-18-41-36(12-1)30-49(46-23-7-3-19-42(41)46)35-14-10-16-38(29-35)52-32-51(37-15-9-13-34(28-37)40-17-11-27-54-33-40)55-53(56-52)39-25-26-48-45-22-5-4-20-43(45)44-21-6-8-24-47(44)50(48)31-39;1-2-11-30-23-33(21-20-28(30)9-1)31-13-5-15-34(24-31)39-26-40(35-16-6-14-32(25-35)36-17-8-22-42-27-36)44-41(43-39)38-19-7-12-29-10-3-4-18-37(29)38;1-2-10-27(11-3-1)37-39-35(24-36(40-37)33-16-7-14-30(23-33)34-17-8-20-38-25-34)32-15-6-13-29(22-32)31-19-18-26-9-4-5-12-28(26)21-31/h1-33H;1-21,23-27,42H,22H2;1-25H. The number of aromatic nitrogens is 8. The van der Waals surface area contributed by atoms with E-state index in [4.69, 9.17) is 29.9 Å². The van der Waals surface area contributed by atoms with Gasteiger partial charge in [0.15, 0.2) is 17.5 Å². The molecule has 9 heteroatoms. The second kappa shape index (κ2) is 37.6. The second-order valence-corrected chi connectivity index (χ2v) is 35.3. The van der Waals surface area contributed by atoms with Gasteiger partial charge >= 0.3 is 0 Å². The Morgan fingerprint density at radius 3 is 0.993 bits per heavy atom. The maximum absolute atomic E-state index is 5.36. The van der Waals surface area contributed by atoms with E-state index in [1.54, 1.807) is 12.4 Å². The Bertz CT molecular complexity index is 9110. The fourth-order valence-corrected chi connectivity index (χ4v) is 19.5. The third kappa shape index (κ3) is 17.2. The summed E-state index contributed by atoms with van der Waals surface area (Å²) in [6, 6.07) is 165. The van der Waals surface area contributed by atoms with E-state index in [-0.39, 0.29) is 0 Å². The van der Waals surface area contributed by atoms with E-state index in [1.807, 2.05) is 42.7 Å². The number of benzene rings is 20. The zero-order valence-corrected chi connectivity index (χ0v) is 76.3. The van der Waals surface area contributed by atoms with E-state index in [0.29, 0.717) is 17.5 Å². The number of pyridine rings is 2. The van der Waals surface area contributed by atoms with Gasteiger partial charge in [-0.2, -0.15) is 0 Å². The minimum Gasteiger partial charge on any atom is -0.387 e. The molecule has 0 saturated carbocycles. The van der Waals surface area contributed by atoms with Crippen molar-refractivity contribution < 1.29 is 0 Å². The van der Waals surface area contributed by atoms with E-state index in [9.17, 15) is 0 Å². The van der Waals surface area contributed by atoms with Crippen molar-refractivity contribution in [3.63, 3.8) is 0 Å². The van der Waals surface area contributed by atoms with Crippen LogP contribution in [0.4, 0.5) is 0 Å². The number of nitrogens with zero attached hydrogens (tertiary/aromatic N) is 8. The maximum Gasteiger partial charge on any atom is 0.161 e. The number of allylic oxidation sites excluding steroid dienone is 2. The summed E-state index contributed by atoms with van der Waals surface area (Å²) in [7, 11) is 0. The zero-order valence-electron chi connectivity index (χ0n) is 76.3. The summed E-state index contributed by atoms with van der Waals surface area (Å²) in [6.07, 6.45) is 13.8. The highest BCUT2D eigenvalue weighted by molar-refractivity contribution is 6.26. The first-order chi connectivity index (χ1) is 69.3. The van der Waals surface area contributed by atoms with Gasteiger partial charge in [0.2, 0.25) is 0 Å². The molecule has 0 bridgehead atoms. The van der Waals surface area contributed by atoms with Crippen LogP contribution in [0.15, 0.2) is 510 Å². The average Bonchev–Trinajstić information content (AvgIpc) is 0.737. The molecule has 25 aromatic rings. The van der Waals surface area contributed by atoms with Gasteiger partial charge < -0.3 is 5.32 Å². The SMILES string of the molecule is C1=CC(c2cccc(-c3cc(-c4cccc(-c5ccc6ccccc6c5)c4)nc(-c4cccc5ccccc45)n3)c2)=CNC1.c1ccc(-c2nc(-c3cccc(-c4cccnc4)c3)cc(-c3cccc(-c4ccc5ccccc5c4)c3)n2)cc1.c1cncc(-c2cccc(-c3cc(-c4cccc(-c5cc6ccccc6c6ccccc56)c4)nc(-c4ccc5c6ccccc6c6ccccc6c5c4)n3)c2)c1. The molecule has 20 aromatic carbocycles. The molecule has 26 rings (SSSR count). The van der Waals surface area contributed by atoms with Crippen LogP contribution in [-0.4, -0.2) is 46.4 Å². The second-order valence-electron chi connectivity index (χ2n) is 35.3. The average molecular weight is 1790 g/mol. The number of dihydropyridines is 1. The lowest BCUT2D eigenvalue weighted by Crippen LogP contribution is -2.08. The minimum atomic E-state index is 0.685. The molecule has 1 aliphatic heterocycles. The predicted octanol–water partition coefficient (Wildman–Crippen LogP) is 33.3. The van der Waals surface area contributed by atoms with Gasteiger partial charge in [0.25, 0.3) is 0 Å². The monoisotopic (exact) mass is 1790 g/mol. The smallest absolute Gasteiger partial charge is 0.161 e.